The second-order valence-corrected chi connectivity index (χ2v) is 3.80. The minimum Gasteiger partial charge on any atom is -0.390 e. The van der Waals surface area contributed by atoms with Crippen LogP contribution in [0.15, 0.2) is 24.3 Å². The molecule has 0 saturated carbocycles. The molecule has 84 valence electrons. The monoisotopic (exact) mass is 229 g/mol. The van der Waals surface area contributed by atoms with Crippen LogP contribution in [-0.2, 0) is 0 Å². The summed E-state index contributed by atoms with van der Waals surface area (Å²) in [5, 5.41) is 21.6. The summed E-state index contributed by atoms with van der Waals surface area (Å²) in [7, 11) is 0. The molecule has 0 aliphatic heterocycles. The summed E-state index contributed by atoms with van der Waals surface area (Å²) >= 11 is 5.46. The Morgan fingerprint density at radius 3 is 2.33 bits per heavy atom. The predicted octanol–water partition coefficient (Wildman–Crippen LogP) is 1.75. The number of halogens is 1. The molecule has 15 heavy (non-hydrogen) atoms. The van der Waals surface area contributed by atoms with Gasteiger partial charge in [-0.05, 0) is 24.6 Å². The SMILES string of the molecule is CC(O)c1ccc(NCC(O)CCl)cc1. The van der Waals surface area contributed by atoms with Gasteiger partial charge in [0.1, 0.15) is 0 Å². The number of aliphatic hydroxyl groups excluding tert-OH is 2. The zero-order chi connectivity index (χ0) is 11.3. The van der Waals surface area contributed by atoms with Crippen LogP contribution in [0.2, 0.25) is 0 Å². The van der Waals surface area contributed by atoms with Crippen molar-refractivity contribution >= 4 is 17.3 Å². The number of anilines is 1. The Kier molecular flexibility index (Phi) is 4.88. The lowest BCUT2D eigenvalue weighted by Gasteiger charge is -2.11. The first kappa shape index (κ1) is 12.3. The number of rotatable bonds is 5. The molecular formula is C11H16ClNO2. The van der Waals surface area contributed by atoms with E-state index < -0.39 is 12.2 Å². The summed E-state index contributed by atoms with van der Waals surface area (Å²) < 4.78 is 0. The molecule has 0 bridgehead atoms. The molecular weight excluding hydrogens is 214 g/mol. The van der Waals surface area contributed by atoms with Crippen molar-refractivity contribution in [3.8, 4) is 0 Å². The maximum Gasteiger partial charge on any atom is 0.0847 e. The lowest BCUT2D eigenvalue weighted by Crippen LogP contribution is -2.20. The average Bonchev–Trinajstić information content (AvgIpc) is 2.26. The average molecular weight is 230 g/mol. The van der Waals surface area contributed by atoms with E-state index in [1.54, 1.807) is 6.92 Å². The highest BCUT2D eigenvalue weighted by Gasteiger charge is 2.02. The summed E-state index contributed by atoms with van der Waals surface area (Å²) in [4.78, 5) is 0. The van der Waals surface area contributed by atoms with E-state index >= 15 is 0 Å². The van der Waals surface area contributed by atoms with Crippen LogP contribution >= 0.6 is 11.6 Å². The number of hydrogen-bond donors (Lipinski definition) is 3. The summed E-state index contributed by atoms with van der Waals surface area (Å²) in [6.07, 6.45) is -0.990. The van der Waals surface area contributed by atoms with Gasteiger partial charge in [-0.2, -0.15) is 0 Å². The van der Waals surface area contributed by atoms with Gasteiger partial charge in [0.2, 0.25) is 0 Å². The molecule has 0 aromatic heterocycles. The number of aliphatic hydroxyl groups is 2. The van der Waals surface area contributed by atoms with Crippen molar-refractivity contribution in [2.45, 2.75) is 19.1 Å². The van der Waals surface area contributed by atoms with Gasteiger partial charge in [-0.3, -0.25) is 0 Å². The molecule has 0 fully saturated rings. The number of hydrogen-bond acceptors (Lipinski definition) is 3. The smallest absolute Gasteiger partial charge is 0.0847 e. The Labute approximate surface area is 94.7 Å². The van der Waals surface area contributed by atoms with E-state index in [1.807, 2.05) is 24.3 Å². The fourth-order valence-electron chi connectivity index (χ4n) is 1.17. The predicted molar refractivity (Wildman–Crippen MR) is 62.3 cm³/mol. The van der Waals surface area contributed by atoms with Crippen molar-refractivity contribution in [1.29, 1.82) is 0 Å². The molecule has 0 heterocycles. The molecule has 1 aromatic carbocycles. The minimum atomic E-state index is -0.539. The van der Waals surface area contributed by atoms with Gasteiger partial charge in [-0.1, -0.05) is 12.1 Å². The molecule has 0 aliphatic carbocycles. The van der Waals surface area contributed by atoms with Crippen LogP contribution in [0.4, 0.5) is 5.69 Å². The summed E-state index contributed by atoms with van der Waals surface area (Å²) in [6, 6.07) is 7.42. The number of alkyl halides is 1. The lowest BCUT2D eigenvalue weighted by molar-refractivity contribution is 0.199. The van der Waals surface area contributed by atoms with Crippen LogP contribution in [-0.4, -0.2) is 28.7 Å². The summed E-state index contributed by atoms with van der Waals surface area (Å²) in [5.74, 6) is 0.221. The highest BCUT2D eigenvalue weighted by atomic mass is 35.5. The molecule has 0 saturated heterocycles. The first-order valence-corrected chi connectivity index (χ1v) is 5.43. The quantitative estimate of drug-likeness (QED) is 0.675. The van der Waals surface area contributed by atoms with E-state index in [9.17, 15) is 10.2 Å². The van der Waals surface area contributed by atoms with Crippen molar-refractivity contribution < 1.29 is 10.2 Å². The highest BCUT2D eigenvalue weighted by molar-refractivity contribution is 6.18. The first-order valence-electron chi connectivity index (χ1n) is 4.89. The third-order valence-corrected chi connectivity index (χ3v) is 2.47. The van der Waals surface area contributed by atoms with Crippen LogP contribution in [0.5, 0.6) is 0 Å². The van der Waals surface area contributed by atoms with Crippen molar-refractivity contribution in [1.82, 2.24) is 0 Å². The fourth-order valence-corrected chi connectivity index (χ4v) is 1.28. The van der Waals surface area contributed by atoms with Crippen LogP contribution in [0.1, 0.15) is 18.6 Å². The van der Waals surface area contributed by atoms with Crippen LogP contribution < -0.4 is 5.32 Å². The largest absolute Gasteiger partial charge is 0.390 e. The molecule has 0 spiro atoms. The molecule has 4 heteroatoms. The molecule has 2 unspecified atom stereocenters. The van der Waals surface area contributed by atoms with Gasteiger partial charge in [0.05, 0.1) is 18.1 Å². The van der Waals surface area contributed by atoms with E-state index in [4.69, 9.17) is 11.6 Å². The van der Waals surface area contributed by atoms with Crippen LogP contribution in [0, 0.1) is 0 Å². The normalized spacial score (nSPS) is 14.7. The van der Waals surface area contributed by atoms with Gasteiger partial charge >= 0.3 is 0 Å². The summed E-state index contributed by atoms with van der Waals surface area (Å²) in [6.45, 7) is 2.15. The summed E-state index contributed by atoms with van der Waals surface area (Å²) in [5.41, 5.74) is 1.78. The first-order chi connectivity index (χ1) is 7.13. The molecule has 0 amide bonds. The zero-order valence-electron chi connectivity index (χ0n) is 8.65. The van der Waals surface area contributed by atoms with E-state index in [-0.39, 0.29) is 5.88 Å². The highest BCUT2D eigenvalue weighted by Crippen LogP contribution is 2.15. The van der Waals surface area contributed by atoms with Gasteiger partial charge in [0.25, 0.3) is 0 Å². The molecule has 2 atom stereocenters. The molecule has 3 N–H and O–H groups in total. The fraction of sp³-hybridized carbons (Fsp3) is 0.455. The van der Waals surface area contributed by atoms with E-state index in [2.05, 4.69) is 5.32 Å². The molecule has 3 nitrogen and oxygen atoms in total. The van der Waals surface area contributed by atoms with E-state index in [0.717, 1.165) is 11.3 Å². The Morgan fingerprint density at radius 2 is 1.87 bits per heavy atom. The third kappa shape index (κ3) is 4.08. The Morgan fingerprint density at radius 1 is 1.27 bits per heavy atom. The molecule has 0 aliphatic rings. The van der Waals surface area contributed by atoms with E-state index in [1.165, 1.54) is 0 Å². The van der Waals surface area contributed by atoms with Crippen molar-refractivity contribution in [3.05, 3.63) is 29.8 Å². The lowest BCUT2D eigenvalue weighted by atomic mass is 10.1. The third-order valence-electron chi connectivity index (χ3n) is 2.11. The van der Waals surface area contributed by atoms with Gasteiger partial charge in [-0.25, -0.2) is 0 Å². The van der Waals surface area contributed by atoms with Crippen molar-refractivity contribution in [3.63, 3.8) is 0 Å². The van der Waals surface area contributed by atoms with Crippen LogP contribution in [0.25, 0.3) is 0 Å². The zero-order valence-corrected chi connectivity index (χ0v) is 9.41. The maximum atomic E-state index is 9.29. The number of nitrogens with one attached hydrogen (secondary N) is 1. The Balaban J connectivity index is 2.50. The van der Waals surface area contributed by atoms with Gasteiger partial charge in [0.15, 0.2) is 0 Å². The van der Waals surface area contributed by atoms with Gasteiger partial charge in [-0.15, -0.1) is 11.6 Å². The van der Waals surface area contributed by atoms with Crippen molar-refractivity contribution in [2.75, 3.05) is 17.7 Å². The van der Waals surface area contributed by atoms with Gasteiger partial charge < -0.3 is 15.5 Å². The standard InChI is InChI=1S/C11H16ClNO2/c1-8(14)9-2-4-10(5-3-9)13-7-11(15)6-12/h2-5,8,11,13-15H,6-7H2,1H3. The Hall–Kier alpha value is -0.770. The second-order valence-electron chi connectivity index (χ2n) is 3.49. The Bertz CT molecular complexity index is 287. The maximum absolute atomic E-state index is 9.29. The van der Waals surface area contributed by atoms with Crippen LogP contribution in [0.3, 0.4) is 0 Å². The minimum absolute atomic E-state index is 0.221. The topological polar surface area (TPSA) is 52.5 Å². The van der Waals surface area contributed by atoms with Gasteiger partial charge in [0, 0.05) is 12.2 Å². The van der Waals surface area contributed by atoms with Crippen molar-refractivity contribution in [2.24, 2.45) is 0 Å². The second kappa shape index (κ2) is 5.95. The molecule has 1 rings (SSSR count). The number of benzene rings is 1. The molecule has 0 radical (unpaired) electrons. The molecule has 1 aromatic rings. The van der Waals surface area contributed by atoms with E-state index in [0.29, 0.717) is 6.54 Å².